The van der Waals surface area contributed by atoms with Crippen molar-refractivity contribution in [2.75, 3.05) is 0 Å². The minimum Gasteiger partial charge on any atom is -0.478 e. The van der Waals surface area contributed by atoms with Gasteiger partial charge in [-0.3, -0.25) is 0 Å². The molecular weight excluding hydrogens is 289 g/mol. The fraction of sp³-hybridized carbons (Fsp3) is 0. The first-order valence-corrected chi connectivity index (χ1v) is 7.06. The van der Waals surface area contributed by atoms with Gasteiger partial charge in [0.25, 0.3) is 0 Å². The van der Waals surface area contributed by atoms with Crippen molar-refractivity contribution in [2.24, 2.45) is 0 Å². The van der Waals surface area contributed by atoms with Gasteiger partial charge in [-0.15, -0.1) is 11.3 Å². The lowest BCUT2D eigenvalue weighted by Crippen LogP contribution is -2.00. The lowest BCUT2D eigenvalue weighted by Gasteiger charge is -2.04. The van der Waals surface area contributed by atoms with E-state index in [2.05, 4.69) is 4.98 Å². The Morgan fingerprint density at radius 1 is 1.24 bits per heavy atom. The van der Waals surface area contributed by atoms with Crippen LogP contribution in [-0.2, 0) is 0 Å². The molecule has 0 aliphatic heterocycles. The zero-order valence-electron chi connectivity index (χ0n) is 10.8. The van der Waals surface area contributed by atoms with Crippen LogP contribution in [0.5, 0.6) is 0 Å². The summed E-state index contributed by atoms with van der Waals surface area (Å²) in [6, 6.07) is 9.28. The van der Waals surface area contributed by atoms with Crippen molar-refractivity contribution in [1.29, 1.82) is 0 Å². The van der Waals surface area contributed by atoms with Gasteiger partial charge in [0.1, 0.15) is 5.82 Å². The summed E-state index contributed by atoms with van der Waals surface area (Å²) in [7, 11) is 0. The second-order valence-electron chi connectivity index (χ2n) is 4.41. The molecule has 0 saturated carbocycles. The van der Waals surface area contributed by atoms with Gasteiger partial charge in [-0.2, -0.15) is 0 Å². The molecule has 2 heterocycles. The Bertz CT molecular complexity index is 841. The van der Waals surface area contributed by atoms with Crippen molar-refractivity contribution in [3.63, 3.8) is 0 Å². The van der Waals surface area contributed by atoms with Gasteiger partial charge in [0.15, 0.2) is 0 Å². The lowest BCUT2D eigenvalue weighted by atomic mass is 10.1. The minimum atomic E-state index is -1.06. The fourth-order valence-corrected chi connectivity index (χ4v) is 2.66. The molecule has 104 valence electrons. The first-order valence-electron chi connectivity index (χ1n) is 6.19. The van der Waals surface area contributed by atoms with Crippen LogP contribution in [0.25, 0.3) is 23.1 Å². The molecule has 0 amide bonds. The number of carbonyl (C=O) groups is 1. The Labute approximate surface area is 124 Å². The highest BCUT2D eigenvalue weighted by atomic mass is 32.1. The molecular formula is C16H10FNO2S. The van der Waals surface area contributed by atoms with E-state index >= 15 is 0 Å². The number of pyridine rings is 1. The van der Waals surface area contributed by atoms with E-state index in [0.717, 1.165) is 4.88 Å². The molecule has 0 bridgehead atoms. The number of halogens is 1. The molecule has 5 heteroatoms. The normalized spacial score (nSPS) is 11.3. The monoisotopic (exact) mass is 299 g/mol. The summed E-state index contributed by atoms with van der Waals surface area (Å²) < 4.78 is 13.3. The Morgan fingerprint density at radius 3 is 2.81 bits per heavy atom. The van der Waals surface area contributed by atoms with Gasteiger partial charge in [-0.25, -0.2) is 14.2 Å². The first-order chi connectivity index (χ1) is 10.1. The summed E-state index contributed by atoms with van der Waals surface area (Å²) in [5.41, 5.74) is 0.936. The molecule has 3 nitrogen and oxygen atoms in total. The van der Waals surface area contributed by atoms with E-state index in [1.54, 1.807) is 17.4 Å². The van der Waals surface area contributed by atoms with Crippen molar-refractivity contribution < 1.29 is 14.3 Å². The standard InChI is InChI=1S/C16H10FNO2S/c17-10-3-6-13-14(16(19)20)9-11(18-15(13)8-10)4-5-12-2-1-7-21-12/h1-9H,(H,19,20)/b5-4+. The van der Waals surface area contributed by atoms with Crippen molar-refractivity contribution in [3.05, 3.63) is 63.7 Å². The summed E-state index contributed by atoms with van der Waals surface area (Å²) in [5, 5.41) is 11.7. The fourth-order valence-electron chi connectivity index (χ4n) is 2.04. The highest BCUT2D eigenvalue weighted by molar-refractivity contribution is 7.10. The zero-order valence-corrected chi connectivity index (χ0v) is 11.6. The number of hydrogen-bond acceptors (Lipinski definition) is 3. The quantitative estimate of drug-likeness (QED) is 0.784. The Morgan fingerprint density at radius 2 is 2.10 bits per heavy atom. The molecule has 0 radical (unpaired) electrons. The van der Waals surface area contributed by atoms with Gasteiger partial charge in [0.05, 0.1) is 16.8 Å². The van der Waals surface area contributed by atoms with Gasteiger partial charge in [-0.1, -0.05) is 6.07 Å². The van der Waals surface area contributed by atoms with Crippen molar-refractivity contribution >= 4 is 40.4 Å². The van der Waals surface area contributed by atoms with Crippen molar-refractivity contribution in [1.82, 2.24) is 4.98 Å². The van der Waals surface area contributed by atoms with Crippen LogP contribution >= 0.6 is 11.3 Å². The summed E-state index contributed by atoms with van der Waals surface area (Å²) in [4.78, 5) is 16.7. The second kappa shape index (κ2) is 5.46. The average Bonchev–Trinajstić information content (AvgIpc) is 2.97. The van der Waals surface area contributed by atoms with Crippen LogP contribution < -0.4 is 0 Å². The molecule has 0 aliphatic rings. The number of carboxylic acid groups (broad SMARTS) is 1. The number of benzene rings is 1. The first kappa shape index (κ1) is 13.5. The topological polar surface area (TPSA) is 50.2 Å². The maximum Gasteiger partial charge on any atom is 0.336 e. The van der Waals surface area contributed by atoms with Crippen LogP contribution in [0.3, 0.4) is 0 Å². The third-order valence-electron chi connectivity index (χ3n) is 2.98. The minimum absolute atomic E-state index is 0.117. The van der Waals surface area contributed by atoms with Crippen LogP contribution in [0.1, 0.15) is 20.9 Å². The van der Waals surface area contributed by atoms with Gasteiger partial charge in [0.2, 0.25) is 0 Å². The zero-order chi connectivity index (χ0) is 14.8. The summed E-state index contributed by atoms with van der Waals surface area (Å²) in [6.07, 6.45) is 3.58. The molecule has 1 N–H and O–H groups in total. The van der Waals surface area contributed by atoms with E-state index in [9.17, 15) is 14.3 Å². The number of rotatable bonds is 3. The molecule has 0 aliphatic carbocycles. The number of aromatic nitrogens is 1. The van der Waals surface area contributed by atoms with Crippen molar-refractivity contribution in [2.45, 2.75) is 0 Å². The summed E-state index contributed by atoms with van der Waals surface area (Å²) in [5.74, 6) is -1.49. The third kappa shape index (κ3) is 2.83. The van der Waals surface area contributed by atoms with E-state index in [0.29, 0.717) is 16.6 Å². The number of thiophene rings is 1. The van der Waals surface area contributed by atoms with Gasteiger partial charge in [-0.05, 0) is 41.8 Å². The maximum absolute atomic E-state index is 13.3. The smallest absolute Gasteiger partial charge is 0.336 e. The van der Waals surface area contributed by atoms with Crippen LogP contribution in [-0.4, -0.2) is 16.1 Å². The molecule has 21 heavy (non-hydrogen) atoms. The predicted molar refractivity (Wildman–Crippen MR) is 81.9 cm³/mol. The van der Waals surface area contributed by atoms with Crippen LogP contribution in [0, 0.1) is 5.82 Å². The van der Waals surface area contributed by atoms with Crippen molar-refractivity contribution in [3.8, 4) is 0 Å². The van der Waals surface area contributed by atoms with E-state index in [1.807, 2.05) is 23.6 Å². The predicted octanol–water partition coefficient (Wildman–Crippen LogP) is 4.30. The number of fused-ring (bicyclic) bond motifs is 1. The third-order valence-corrected chi connectivity index (χ3v) is 3.82. The van der Waals surface area contributed by atoms with Gasteiger partial charge >= 0.3 is 5.97 Å². The summed E-state index contributed by atoms with van der Waals surface area (Å²) in [6.45, 7) is 0. The number of hydrogen-bond donors (Lipinski definition) is 1. The van der Waals surface area contributed by atoms with Gasteiger partial charge < -0.3 is 5.11 Å². The molecule has 0 saturated heterocycles. The average molecular weight is 299 g/mol. The van der Waals surface area contributed by atoms with E-state index in [1.165, 1.54) is 24.3 Å². The number of nitrogens with zero attached hydrogens (tertiary/aromatic N) is 1. The Hall–Kier alpha value is -2.53. The largest absolute Gasteiger partial charge is 0.478 e. The highest BCUT2D eigenvalue weighted by Crippen LogP contribution is 2.21. The molecule has 0 spiro atoms. The maximum atomic E-state index is 13.3. The molecule has 1 aromatic carbocycles. The molecule has 0 atom stereocenters. The number of aromatic carboxylic acids is 1. The number of carboxylic acids is 1. The van der Waals surface area contributed by atoms with Gasteiger partial charge in [0, 0.05) is 16.3 Å². The van der Waals surface area contributed by atoms with E-state index in [-0.39, 0.29) is 5.56 Å². The highest BCUT2D eigenvalue weighted by Gasteiger charge is 2.11. The SMILES string of the molecule is O=C(O)c1cc(/C=C/c2cccs2)nc2cc(F)ccc12. The van der Waals surface area contributed by atoms with E-state index < -0.39 is 11.8 Å². The molecule has 0 unspecified atom stereocenters. The Kier molecular flexibility index (Phi) is 3.50. The molecule has 0 fully saturated rings. The summed E-state index contributed by atoms with van der Waals surface area (Å²) >= 11 is 1.57. The molecule has 2 aromatic heterocycles. The van der Waals surface area contributed by atoms with E-state index in [4.69, 9.17) is 0 Å². The molecule has 3 aromatic rings. The second-order valence-corrected chi connectivity index (χ2v) is 5.39. The van der Waals surface area contributed by atoms with Crippen LogP contribution in [0.2, 0.25) is 0 Å². The van der Waals surface area contributed by atoms with Crippen LogP contribution in [0.4, 0.5) is 4.39 Å². The Balaban J connectivity index is 2.13. The molecule has 3 rings (SSSR count). The van der Waals surface area contributed by atoms with Crippen LogP contribution in [0.15, 0.2) is 41.8 Å². The lowest BCUT2D eigenvalue weighted by molar-refractivity contribution is 0.0699.